The first-order valence-electron chi connectivity index (χ1n) is 7.91. The number of hydrogen-bond acceptors (Lipinski definition) is 3. The molecule has 2 N–H and O–H groups in total. The van der Waals surface area contributed by atoms with Crippen molar-refractivity contribution in [3.05, 3.63) is 58.1 Å². The Kier molecular flexibility index (Phi) is 7.63. The smallest absolute Gasteiger partial charge is 0.325 e. The van der Waals surface area contributed by atoms with Crippen molar-refractivity contribution in [1.29, 1.82) is 0 Å². The lowest BCUT2D eigenvalue weighted by atomic mass is 10.2. The van der Waals surface area contributed by atoms with E-state index in [4.69, 9.17) is 23.2 Å². The van der Waals surface area contributed by atoms with Crippen molar-refractivity contribution >= 4 is 58.2 Å². The van der Waals surface area contributed by atoms with Crippen LogP contribution in [0.25, 0.3) is 0 Å². The third-order valence-corrected chi connectivity index (χ3v) is 5.24. The fraction of sp³-hybridized carbons (Fsp3) is 0.222. The number of amides is 2. The summed E-state index contributed by atoms with van der Waals surface area (Å²) in [4.78, 5) is 24.2. The maximum Gasteiger partial charge on any atom is 0.416 e. The molecule has 2 rings (SSSR count). The van der Waals surface area contributed by atoms with E-state index in [1.807, 2.05) is 0 Å². The van der Waals surface area contributed by atoms with Crippen molar-refractivity contribution in [2.24, 2.45) is 0 Å². The van der Waals surface area contributed by atoms with Gasteiger partial charge < -0.3 is 10.6 Å². The van der Waals surface area contributed by atoms with E-state index in [0.29, 0.717) is 10.7 Å². The average Bonchev–Trinajstić information content (AvgIpc) is 2.62. The van der Waals surface area contributed by atoms with Gasteiger partial charge in [-0.25, -0.2) is 0 Å². The zero-order valence-electron chi connectivity index (χ0n) is 14.4. The predicted octanol–water partition coefficient (Wildman–Crippen LogP) is 5.71. The number of carbonyl (C=O) groups is 2. The molecule has 0 saturated carbocycles. The van der Waals surface area contributed by atoms with Gasteiger partial charge in [0, 0.05) is 10.7 Å². The van der Waals surface area contributed by atoms with Crippen LogP contribution < -0.4 is 10.6 Å². The number of nitrogens with one attached hydrogen (secondary N) is 2. The van der Waals surface area contributed by atoms with Crippen LogP contribution in [0.3, 0.4) is 0 Å². The van der Waals surface area contributed by atoms with Crippen molar-refractivity contribution in [2.45, 2.75) is 18.3 Å². The summed E-state index contributed by atoms with van der Waals surface area (Å²) < 4.78 is 38.4. The highest BCUT2D eigenvalue weighted by atomic mass is 35.5. The molecule has 150 valence electrons. The van der Waals surface area contributed by atoms with Crippen LogP contribution in [-0.2, 0) is 15.8 Å². The van der Waals surface area contributed by atoms with Crippen LogP contribution in [0.5, 0.6) is 0 Å². The second kappa shape index (κ2) is 9.54. The molecule has 0 bridgehead atoms. The van der Waals surface area contributed by atoms with Crippen LogP contribution in [-0.4, -0.2) is 22.8 Å². The molecule has 0 radical (unpaired) electrons. The van der Waals surface area contributed by atoms with Crippen LogP contribution in [0.15, 0.2) is 42.5 Å². The van der Waals surface area contributed by atoms with Gasteiger partial charge in [0.2, 0.25) is 11.8 Å². The van der Waals surface area contributed by atoms with Gasteiger partial charge in [-0.3, -0.25) is 9.59 Å². The Labute approximate surface area is 173 Å². The molecule has 0 spiro atoms. The lowest BCUT2D eigenvalue weighted by Crippen LogP contribution is -2.25. The summed E-state index contributed by atoms with van der Waals surface area (Å²) in [5.74, 6) is -0.914. The fourth-order valence-corrected chi connectivity index (χ4v) is 3.01. The zero-order valence-corrected chi connectivity index (χ0v) is 16.8. The molecule has 2 aromatic rings. The molecule has 4 nitrogen and oxygen atoms in total. The minimum atomic E-state index is -4.55. The number of rotatable bonds is 6. The number of alkyl halides is 3. The highest BCUT2D eigenvalue weighted by molar-refractivity contribution is 8.01. The normalized spacial score (nSPS) is 12.4. The SMILES string of the molecule is CC(SCC(=O)Nc1ccc(Cl)cc1)C(=O)Nc1cc(C(F)(F)F)ccc1Cl. The first kappa shape index (κ1) is 22.4. The standard InChI is InChI=1S/C18H15Cl2F3N2O2S/c1-10(28-9-16(26)24-13-5-3-12(19)4-6-13)17(27)25-15-8-11(18(21,22)23)2-7-14(15)20/h2-8,10H,9H2,1H3,(H,24,26)(H,25,27). The maximum atomic E-state index is 12.8. The van der Waals surface area contributed by atoms with Crippen LogP contribution in [0.1, 0.15) is 12.5 Å². The second-order valence-electron chi connectivity index (χ2n) is 5.69. The molecule has 2 aromatic carbocycles. The summed E-state index contributed by atoms with van der Waals surface area (Å²) in [6.07, 6.45) is -4.55. The van der Waals surface area contributed by atoms with Crippen molar-refractivity contribution in [2.75, 3.05) is 16.4 Å². The summed E-state index contributed by atoms with van der Waals surface area (Å²) >= 11 is 12.7. The highest BCUT2D eigenvalue weighted by Gasteiger charge is 2.31. The first-order valence-corrected chi connectivity index (χ1v) is 9.71. The van der Waals surface area contributed by atoms with Gasteiger partial charge in [0.15, 0.2) is 0 Å². The Morgan fingerprint density at radius 3 is 2.32 bits per heavy atom. The predicted molar refractivity (Wildman–Crippen MR) is 107 cm³/mol. The van der Waals surface area contributed by atoms with E-state index in [-0.39, 0.29) is 22.4 Å². The third kappa shape index (κ3) is 6.61. The molecule has 2 amide bonds. The van der Waals surface area contributed by atoms with E-state index >= 15 is 0 Å². The molecule has 1 unspecified atom stereocenters. The molecule has 0 aliphatic carbocycles. The number of carbonyl (C=O) groups excluding carboxylic acids is 2. The van der Waals surface area contributed by atoms with Crippen LogP contribution >= 0.6 is 35.0 Å². The molecule has 0 fully saturated rings. The van der Waals surface area contributed by atoms with Crippen LogP contribution in [0.2, 0.25) is 10.0 Å². The van der Waals surface area contributed by atoms with E-state index in [1.54, 1.807) is 24.3 Å². The Bertz CT molecular complexity index is 861. The zero-order chi connectivity index (χ0) is 20.9. The molecular formula is C18H15Cl2F3N2O2S. The van der Waals surface area contributed by atoms with Gasteiger partial charge >= 0.3 is 6.18 Å². The minimum Gasteiger partial charge on any atom is -0.325 e. The first-order chi connectivity index (χ1) is 13.1. The number of hydrogen-bond donors (Lipinski definition) is 2. The number of anilines is 2. The second-order valence-corrected chi connectivity index (χ2v) is 7.86. The average molecular weight is 451 g/mol. The fourth-order valence-electron chi connectivity index (χ4n) is 2.04. The van der Waals surface area contributed by atoms with E-state index in [2.05, 4.69) is 10.6 Å². The van der Waals surface area contributed by atoms with Gasteiger partial charge in [-0.2, -0.15) is 13.2 Å². The molecule has 0 aliphatic heterocycles. The highest BCUT2D eigenvalue weighted by Crippen LogP contribution is 2.34. The molecule has 1 atom stereocenters. The van der Waals surface area contributed by atoms with Gasteiger partial charge in [-0.15, -0.1) is 11.8 Å². The molecule has 0 saturated heterocycles. The lowest BCUT2D eigenvalue weighted by Gasteiger charge is -2.15. The summed E-state index contributed by atoms with van der Waals surface area (Å²) in [5.41, 5.74) is -0.503. The topological polar surface area (TPSA) is 58.2 Å². The van der Waals surface area contributed by atoms with Gasteiger partial charge in [-0.1, -0.05) is 23.2 Å². The Morgan fingerprint density at radius 2 is 1.71 bits per heavy atom. The summed E-state index contributed by atoms with van der Waals surface area (Å²) in [7, 11) is 0. The molecule has 0 heterocycles. The Morgan fingerprint density at radius 1 is 1.07 bits per heavy atom. The minimum absolute atomic E-state index is 0.0148. The lowest BCUT2D eigenvalue weighted by molar-refractivity contribution is -0.137. The number of thioether (sulfide) groups is 1. The summed E-state index contributed by atoms with van der Waals surface area (Å²) in [5, 5.41) is 4.84. The van der Waals surface area contributed by atoms with Gasteiger partial charge in [0.1, 0.15) is 0 Å². The van der Waals surface area contributed by atoms with Gasteiger partial charge in [0.05, 0.1) is 27.3 Å². The van der Waals surface area contributed by atoms with Crippen LogP contribution in [0.4, 0.5) is 24.5 Å². The van der Waals surface area contributed by atoms with Crippen molar-refractivity contribution in [1.82, 2.24) is 0 Å². The van der Waals surface area contributed by atoms with Gasteiger partial charge in [-0.05, 0) is 49.4 Å². The van der Waals surface area contributed by atoms with Crippen molar-refractivity contribution < 1.29 is 22.8 Å². The van der Waals surface area contributed by atoms with Gasteiger partial charge in [0.25, 0.3) is 0 Å². The molecule has 0 aromatic heterocycles. The molecular weight excluding hydrogens is 436 g/mol. The van der Waals surface area contributed by atoms with E-state index < -0.39 is 22.9 Å². The largest absolute Gasteiger partial charge is 0.416 e. The monoisotopic (exact) mass is 450 g/mol. The summed E-state index contributed by atoms with van der Waals surface area (Å²) in [6, 6.07) is 9.19. The van der Waals surface area contributed by atoms with E-state index in [0.717, 1.165) is 30.0 Å². The quantitative estimate of drug-likeness (QED) is 0.592. The maximum absolute atomic E-state index is 12.8. The Hall–Kier alpha value is -1.90. The van der Waals surface area contributed by atoms with E-state index in [9.17, 15) is 22.8 Å². The Balaban J connectivity index is 1.90. The van der Waals surface area contributed by atoms with Crippen molar-refractivity contribution in [3.8, 4) is 0 Å². The van der Waals surface area contributed by atoms with E-state index in [1.165, 1.54) is 6.92 Å². The summed E-state index contributed by atoms with van der Waals surface area (Å²) in [6.45, 7) is 1.54. The van der Waals surface area contributed by atoms with Crippen LogP contribution in [0, 0.1) is 0 Å². The molecule has 10 heteroatoms. The number of halogens is 5. The molecule has 0 aliphatic rings. The molecule has 28 heavy (non-hydrogen) atoms. The number of benzene rings is 2. The van der Waals surface area contributed by atoms with Crippen molar-refractivity contribution in [3.63, 3.8) is 0 Å². The third-order valence-electron chi connectivity index (χ3n) is 3.51.